The van der Waals surface area contributed by atoms with Crippen LogP contribution in [0.1, 0.15) is 10.5 Å². The third-order valence-corrected chi connectivity index (χ3v) is 4.18. The number of nitrogens with zero attached hydrogens (tertiary/aromatic N) is 3. The van der Waals surface area contributed by atoms with Crippen LogP contribution in [0.15, 0.2) is 48.5 Å². The maximum Gasteiger partial charge on any atom is 0.353 e. The van der Waals surface area contributed by atoms with Gasteiger partial charge >= 0.3 is 5.97 Å². The van der Waals surface area contributed by atoms with Crippen molar-refractivity contribution in [1.29, 1.82) is 0 Å². The highest BCUT2D eigenvalue weighted by Gasteiger charge is 2.17. The Hall–Kier alpha value is -3.61. The van der Waals surface area contributed by atoms with Gasteiger partial charge in [0.2, 0.25) is 5.78 Å². The zero-order valence-electron chi connectivity index (χ0n) is 14.1. The molecule has 0 unspecified atom stereocenters. The number of imidazole rings is 1. The Balaban J connectivity index is 2.00. The highest BCUT2D eigenvalue weighted by molar-refractivity contribution is 5.92. The molecule has 2 aromatic carbocycles. The lowest BCUT2D eigenvalue weighted by molar-refractivity contribution is 0.0689. The number of fused-ring (bicyclic) bond motifs is 3. The molecule has 0 fully saturated rings. The molecule has 4 rings (SSSR count). The maximum atomic E-state index is 11.8. The molecule has 0 saturated carbocycles. The van der Waals surface area contributed by atoms with Crippen LogP contribution < -0.4 is 9.47 Å². The number of ether oxygens (including phenoxy) is 2. The number of carboxylic acids is 1. The van der Waals surface area contributed by atoms with Gasteiger partial charge in [-0.25, -0.2) is 14.8 Å². The second-order valence-corrected chi connectivity index (χ2v) is 5.64. The second kappa shape index (κ2) is 6.03. The minimum atomic E-state index is -1.05. The lowest BCUT2D eigenvalue weighted by Gasteiger charge is -2.10. The van der Waals surface area contributed by atoms with Gasteiger partial charge in [0.25, 0.3) is 0 Å². The zero-order valence-corrected chi connectivity index (χ0v) is 14.1. The van der Waals surface area contributed by atoms with Gasteiger partial charge in [0.1, 0.15) is 5.69 Å². The molecule has 4 aromatic rings. The van der Waals surface area contributed by atoms with Gasteiger partial charge in [0.15, 0.2) is 11.5 Å². The predicted octanol–water partition coefficient (Wildman–Crippen LogP) is 3.26. The van der Waals surface area contributed by atoms with Crippen LogP contribution in [0.4, 0.5) is 0 Å². The van der Waals surface area contributed by atoms with E-state index in [1.54, 1.807) is 36.8 Å². The summed E-state index contributed by atoms with van der Waals surface area (Å²) in [6.07, 6.45) is 0. The molecule has 2 aromatic heterocycles. The minimum absolute atomic E-state index is 0.0912. The van der Waals surface area contributed by atoms with Gasteiger partial charge in [-0.1, -0.05) is 12.1 Å². The van der Waals surface area contributed by atoms with Crippen molar-refractivity contribution in [2.24, 2.45) is 0 Å². The number of para-hydroxylation sites is 2. The average molecular weight is 349 g/mol. The Morgan fingerprint density at radius 1 is 1.00 bits per heavy atom. The van der Waals surface area contributed by atoms with E-state index < -0.39 is 5.97 Å². The molecule has 0 amide bonds. The Morgan fingerprint density at radius 3 is 2.50 bits per heavy atom. The fourth-order valence-electron chi connectivity index (χ4n) is 2.96. The van der Waals surface area contributed by atoms with Gasteiger partial charge in [-0.2, -0.15) is 0 Å². The topological polar surface area (TPSA) is 86.0 Å². The fourth-order valence-corrected chi connectivity index (χ4v) is 2.96. The van der Waals surface area contributed by atoms with Crippen LogP contribution in [0, 0.1) is 0 Å². The van der Waals surface area contributed by atoms with E-state index in [0.717, 1.165) is 0 Å². The number of benzene rings is 2. The van der Waals surface area contributed by atoms with Crippen molar-refractivity contribution >= 4 is 22.8 Å². The van der Waals surface area contributed by atoms with Crippen LogP contribution in [0.25, 0.3) is 28.1 Å². The first-order valence-electron chi connectivity index (χ1n) is 7.86. The largest absolute Gasteiger partial charge is 0.493 e. The van der Waals surface area contributed by atoms with E-state index in [1.807, 2.05) is 24.3 Å². The number of hydrogen-bond acceptors (Lipinski definition) is 5. The summed E-state index contributed by atoms with van der Waals surface area (Å²) in [7, 11) is 3.10. The summed E-state index contributed by atoms with van der Waals surface area (Å²) in [6.45, 7) is 0. The van der Waals surface area contributed by atoms with Crippen molar-refractivity contribution in [3.05, 3.63) is 54.2 Å². The summed E-state index contributed by atoms with van der Waals surface area (Å²) in [5, 5.41) is 9.69. The van der Waals surface area contributed by atoms with Crippen molar-refractivity contribution in [2.45, 2.75) is 0 Å². The van der Waals surface area contributed by atoms with Crippen molar-refractivity contribution in [2.75, 3.05) is 14.2 Å². The molecule has 0 saturated heterocycles. The molecule has 0 aliphatic heterocycles. The standard InChI is InChI=1S/C19H15N3O4/c1-25-16-8-7-11(9-17(16)26-2)13-10-15(18(23)24)22-14-6-4-3-5-12(14)20-19(22)21-13/h3-10H,1-2H3,(H,23,24). The number of hydrogen-bond donors (Lipinski definition) is 1. The minimum Gasteiger partial charge on any atom is -0.493 e. The highest BCUT2D eigenvalue weighted by atomic mass is 16.5. The number of aromatic nitrogens is 3. The molecule has 26 heavy (non-hydrogen) atoms. The van der Waals surface area contributed by atoms with E-state index in [4.69, 9.17) is 9.47 Å². The number of carbonyl (C=O) groups is 1. The Kier molecular flexibility index (Phi) is 3.69. The summed E-state index contributed by atoms with van der Waals surface area (Å²) < 4.78 is 12.1. The average Bonchev–Trinajstić information content (AvgIpc) is 3.04. The van der Waals surface area contributed by atoms with Crippen molar-refractivity contribution in [3.8, 4) is 22.8 Å². The van der Waals surface area contributed by atoms with E-state index in [-0.39, 0.29) is 5.69 Å². The van der Waals surface area contributed by atoms with Gasteiger partial charge < -0.3 is 14.6 Å². The molecule has 0 spiro atoms. The van der Waals surface area contributed by atoms with E-state index in [9.17, 15) is 9.90 Å². The zero-order chi connectivity index (χ0) is 18.3. The first-order valence-corrected chi connectivity index (χ1v) is 7.86. The van der Waals surface area contributed by atoms with Gasteiger partial charge in [-0.15, -0.1) is 0 Å². The van der Waals surface area contributed by atoms with E-state index in [1.165, 1.54) is 6.07 Å². The van der Waals surface area contributed by atoms with Crippen LogP contribution in [0.5, 0.6) is 11.5 Å². The number of carboxylic acid groups (broad SMARTS) is 1. The molecule has 1 N–H and O–H groups in total. The van der Waals surface area contributed by atoms with E-state index >= 15 is 0 Å². The predicted molar refractivity (Wildman–Crippen MR) is 96.0 cm³/mol. The smallest absolute Gasteiger partial charge is 0.353 e. The monoisotopic (exact) mass is 349 g/mol. The van der Waals surface area contributed by atoms with Crippen LogP contribution in [0.3, 0.4) is 0 Å². The van der Waals surface area contributed by atoms with Crippen LogP contribution in [-0.2, 0) is 0 Å². The maximum absolute atomic E-state index is 11.8. The van der Waals surface area contributed by atoms with Crippen LogP contribution >= 0.6 is 0 Å². The molecular formula is C19H15N3O4. The van der Waals surface area contributed by atoms with Gasteiger partial charge in [0.05, 0.1) is 30.9 Å². The molecule has 0 radical (unpaired) electrons. The van der Waals surface area contributed by atoms with Crippen LogP contribution in [0.2, 0.25) is 0 Å². The number of rotatable bonds is 4. The number of methoxy groups -OCH3 is 2. The molecule has 130 valence electrons. The molecule has 0 bridgehead atoms. The van der Waals surface area contributed by atoms with Crippen LogP contribution in [-0.4, -0.2) is 39.7 Å². The second-order valence-electron chi connectivity index (χ2n) is 5.64. The van der Waals surface area contributed by atoms with Gasteiger partial charge in [0, 0.05) is 5.56 Å². The third kappa shape index (κ3) is 2.41. The Bertz CT molecular complexity index is 1150. The Morgan fingerprint density at radius 2 is 1.77 bits per heavy atom. The summed E-state index contributed by atoms with van der Waals surface area (Å²) in [5.74, 6) is 0.401. The summed E-state index contributed by atoms with van der Waals surface area (Å²) in [5.41, 5.74) is 2.68. The lowest BCUT2D eigenvalue weighted by Crippen LogP contribution is -2.07. The van der Waals surface area contributed by atoms with E-state index in [0.29, 0.717) is 39.6 Å². The first kappa shape index (κ1) is 15.9. The normalized spacial score (nSPS) is 11.0. The fraction of sp³-hybridized carbons (Fsp3) is 0.105. The summed E-state index contributed by atoms with van der Waals surface area (Å²) >= 11 is 0. The highest BCUT2D eigenvalue weighted by Crippen LogP contribution is 2.32. The first-order chi connectivity index (χ1) is 12.6. The van der Waals surface area contributed by atoms with Crippen molar-refractivity contribution in [3.63, 3.8) is 0 Å². The summed E-state index contributed by atoms with van der Waals surface area (Å²) in [6, 6.07) is 14.2. The van der Waals surface area contributed by atoms with Crippen molar-refractivity contribution in [1.82, 2.24) is 14.4 Å². The molecular weight excluding hydrogens is 334 g/mol. The molecule has 0 atom stereocenters. The lowest BCUT2D eigenvalue weighted by atomic mass is 10.1. The van der Waals surface area contributed by atoms with Gasteiger partial charge in [-0.3, -0.25) is 4.40 Å². The molecule has 7 heteroatoms. The van der Waals surface area contributed by atoms with Crippen molar-refractivity contribution < 1.29 is 19.4 Å². The molecule has 2 heterocycles. The number of aromatic carboxylic acids is 1. The molecule has 0 aliphatic carbocycles. The SMILES string of the molecule is COc1ccc(-c2cc(C(=O)O)n3c(n2)nc2ccccc23)cc1OC. The molecule has 7 nitrogen and oxygen atoms in total. The quantitative estimate of drug-likeness (QED) is 0.609. The van der Waals surface area contributed by atoms with E-state index in [2.05, 4.69) is 9.97 Å². The Labute approximate surface area is 148 Å². The molecule has 0 aliphatic rings. The summed E-state index contributed by atoms with van der Waals surface area (Å²) in [4.78, 5) is 20.8. The third-order valence-electron chi connectivity index (χ3n) is 4.18. The van der Waals surface area contributed by atoms with Gasteiger partial charge in [-0.05, 0) is 36.4 Å².